The summed E-state index contributed by atoms with van der Waals surface area (Å²) >= 11 is 3.23. The van der Waals surface area contributed by atoms with Crippen molar-refractivity contribution in [3.05, 3.63) is 21.0 Å². The molecule has 0 aromatic carbocycles. The summed E-state index contributed by atoms with van der Waals surface area (Å²) in [6, 6.07) is 0.0758. The van der Waals surface area contributed by atoms with Gasteiger partial charge in [0.1, 0.15) is 4.47 Å². The van der Waals surface area contributed by atoms with Crippen molar-refractivity contribution >= 4 is 27.5 Å². The van der Waals surface area contributed by atoms with Crippen molar-refractivity contribution in [3.8, 4) is 0 Å². The Hall–Kier alpha value is -1.37. The molecule has 0 aliphatic heterocycles. The second-order valence-corrected chi connectivity index (χ2v) is 5.58. The summed E-state index contributed by atoms with van der Waals surface area (Å²) in [7, 11) is 0. The van der Waals surface area contributed by atoms with Gasteiger partial charge in [0.15, 0.2) is 0 Å². The first-order valence-electron chi connectivity index (χ1n) is 6.13. The molecule has 0 aliphatic rings. The molecule has 0 aliphatic carbocycles. The number of rotatable bonds is 5. The molecule has 0 bridgehead atoms. The van der Waals surface area contributed by atoms with E-state index in [1.54, 1.807) is 0 Å². The van der Waals surface area contributed by atoms with E-state index in [4.69, 9.17) is 0 Å². The van der Waals surface area contributed by atoms with Crippen LogP contribution in [-0.4, -0.2) is 28.3 Å². The summed E-state index contributed by atoms with van der Waals surface area (Å²) in [6.45, 7) is 7.63. The van der Waals surface area contributed by atoms with Gasteiger partial charge in [-0.1, -0.05) is 0 Å². The molecule has 1 aromatic rings. The quantitative estimate of drug-likeness (QED) is 0.858. The van der Waals surface area contributed by atoms with Crippen molar-refractivity contribution in [2.45, 2.75) is 39.8 Å². The Balaban J connectivity index is 2.79. The summed E-state index contributed by atoms with van der Waals surface area (Å²) < 4.78 is 1.76. The number of halogens is 1. The number of anilines is 1. The highest BCUT2D eigenvalue weighted by atomic mass is 79.9. The van der Waals surface area contributed by atoms with Crippen LogP contribution in [0.1, 0.15) is 33.7 Å². The van der Waals surface area contributed by atoms with Gasteiger partial charge in [0.05, 0.1) is 24.5 Å². The third-order valence-electron chi connectivity index (χ3n) is 2.32. The maximum Gasteiger partial charge on any atom is 0.283 e. The summed E-state index contributed by atoms with van der Waals surface area (Å²) in [5.74, 6) is -0.130. The van der Waals surface area contributed by atoms with E-state index in [1.807, 2.05) is 27.7 Å². The van der Waals surface area contributed by atoms with Crippen molar-refractivity contribution in [2.75, 3.05) is 11.9 Å². The number of hydrogen-bond acceptors (Lipinski definition) is 4. The zero-order valence-electron chi connectivity index (χ0n) is 11.5. The van der Waals surface area contributed by atoms with E-state index >= 15 is 0 Å². The zero-order valence-corrected chi connectivity index (χ0v) is 13.1. The van der Waals surface area contributed by atoms with E-state index in [0.717, 1.165) is 0 Å². The number of nitrogens with zero attached hydrogens (tertiary/aromatic N) is 2. The minimum Gasteiger partial charge on any atom is -0.374 e. The van der Waals surface area contributed by atoms with Gasteiger partial charge in [-0.25, -0.2) is 4.68 Å². The van der Waals surface area contributed by atoms with Crippen molar-refractivity contribution in [2.24, 2.45) is 0 Å². The van der Waals surface area contributed by atoms with E-state index < -0.39 is 0 Å². The van der Waals surface area contributed by atoms with Gasteiger partial charge in [-0.2, -0.15) is 5.10 Å². The minimum atomic E-state index is -0.218. The highest BCUT2D eigenvalue weighted by Crippen LogP contribution is 2.16. The molecule has 106 valence electrons. The normalized spacial score (nSPS) is 10.9. The lowest BCUT2D eigenvalue weighted by atomic mass is 10.3. The Morgan fingerprint density at radius 3 is 2.58 bits per heavy atom. The SMILES string of the molecule is CC(C)NC(=O)CNc1cnn(C(C)C)c(=O)c1Br. The zero-order chi connectivity index (χ0) is 14.6. The molecule has 0 radical (unpaired) electrons. The number of aromatic nitrogens is 2. The van der Waals surface area contributed by atoms with E-state index in [-0.39, 0.29) is 30.1 Å². The van der Waals surface area contributed by atoms with E-state index in [9.17, 15) is 9.59 Å². The molecular formula is C12H19BrN4O2. The number of carbonyl (C=O) groups excluding carboxylic acids is 1. The van der Waals surface area contributed by atoms with Crippen molar-refractivity contribution in [1.29, 1.82) is 0 Å². The van der Waals surface area contributed by atoms with Gasteiger partial charge in [0.2, 0.25) is 5.91 Å². The summed E-state index contributed by atoms with van der Waals surface area (Å²) in [5.41, 5.74) is 0.296. The van der Waals surface area contributed by atoms with E-state index in [2.05, 4.69) is 31.7 Å². The molecule has 0 atom stereocenters. The van der Waals surface area contributed by atoms with Crippen LogP contribution in [0.25, 0.3) is 0 Å². The van der Waals surface area contributed by atoms with E-state index in [1.165, 1.54) is 10.9 Å². The molecule has 0 saturated carbocycles. The second kappa shape index (κ2) is 6.70. The molecule has 19 heavy (non-hydrogen) atoms. The van der Waals surface area contributed by atoms with Crippen LogP contribution in [-0.2, 0) is 4.79 Å². The van der Waals surface area contributed by atoms with Gasteiger partial charge in [-0.3, -0.25) is 9.59 Å². The fourth-order valence-corrected chi connectivity index (χ4v) is 1.91. The van der Waals surface area contributed by atoms with Crippen LogP contribution in [0.4, 0.5) is 5.69 Å². The number of amides is 1. The summed E-state index contributed by atoms with van der Waals surface area (Å²) in [4.78, 5) is 23.5. The molecular weight excluding hydrogens is 312 g/mol. The highest BCUT2D eigenvalue weighted by Gasteiger charge is 2.11. The summed E-state index contributed by atoms with van der Waals surface area (Å²) in [6.07, 6.45) is 1.54. The Morgan fingerprint density at radius 1 is 1.42 bits per heavy atom. The summed E-state index contributed by atoms with van der Waals surface area (Å²) in [5, 5.41) is 9.70. The first kappa shape index (κ1) is 15.7. The van der Waals surface area contributed by atoms with Gasteiger partial charge in [-0.05, 0) is 43.6 Å². The molecule has 1 aromatic heterocycles. The average Bonchev–Trinajstić information content (AvgIpc) is 2.29. The molecule has 0 saturated heterocycles. The van der Waals surface area contributed by atoms with Crippen molar-refractivity contribution in [1.82, 2.24) is 15.1 Å². The average molecular weight is 331 g/mol. The van der Waals surface area contributed by atoms with Gasteiger partial charge in [-0.15, -0.1) is 0 Å². The largest absolute Gasteiger partial charge is 0.374 e. The predicted octanol–water partition coefficient (Wildman–Crippen LogP) is 1.52. The molecule has 1 rings (SSSR count). The smallest absolute Gasteiger partial charge is 0.283 e. The van der Waals surface area contributed by atoms with Gasteiger partial charge in [0, 0.05) is 6.04 Å². The third kappa shape index (κ3) is 4.34. The number of hydrogen-bond donors (Lipinski definition) is 2. The fourth-order valence-electron chi connectivity index (χ4n) is 1.48. The lowest BCUT2D eigenvalue weighted by Crippen LogP contribution is -2.35. The number of carbonyl (C=O) groups is 1. The second-order valence-electron chi connectivity index (χ2n) is 4.79. The van der Waals surface area contributed by atoms with Gasteiger partial charge in [0.25, 0.3) is 5.56 Å². The minimum absolute atomic E-state index is 0.0120. The van der Waals surface area contributed by atoms with Crippen LogP contribution in [0, 0.1) is 0 Å². The molecule has 0 unspecified atom stereocenters. The lowest BCUT2D eigenvalue weighted by molar-refractivity contribution is -0.119. The monoisotopic (exact) mass is 330 g/mol. The molecule has 2 N–H and O–H groups in total. The standard InChI is InChI=1S/C12H19BrN4O2/c1-7(2)16-10(18)6-14-9-5-15-17(8(3)4)12(19)11(9)13/h5,7-8,14H,6H2,1-4H3,(H,16,18). The molecule has 1 amide bonds. The Labute approximate surface area is 120 Å². The maximum absolute atomic E-state index is 12.0. The molecule has 6 nitrogen and oxygen atoms in total. The molecule has 0 spiro atoms. The van der Waals surface area contributed by atoms with Crippen LogP contribution in [0.2, 0.25) is 0 Å². The van der Waals surface area contributed by atoms with Crippen LogP contribution >= 0.6 is 15.9 Å². The van der Waals surface area contributed by atoms with Gasteiger partial charge >= 0.3 is 0 Å². The first-order chi connectivity index (χ1) is 8.82. The highest BCUT2D eigenvalue weighted by molar-refractivity contribution is 9.10. The number of nitrogens with one attached hydrogen (secondary N) is 2. The molecule has 0 fully saturated rings. The maximum atomic E-state index is 12.0. The van der Waals surface area contributed by atoms with Crippen molar-refractivity contribution < 1.29 is 4.79 Å². The third-order valence-corrected chi connectivity index (χ3v) is 3.09. The molecule has 1 heterocycles. The predicted molar refractivity (Wildman–Crippen MR) is 78.4 cm³/mol. The Kier molecular flexibility index (Phi) is 5.53. The van der Waals surface area contributed by atoms with Crippen LogP contribution < -0.4 is 16.2 Å². The van der Waals surface area contributed by atoms with Gasteiger partial charge < -0.3 is 10.6 Å². The van der Waals surface area contributed by atoms with Crippen LogP contribution in [0.15, 0.2) is 15.5 Å². The van der Waals surface area contributed by atoms with Crippen LogP contribution in [0.5, 0.6) is 0 Å². The Morgan fingerprint density at radius 2 is 2.05 bits per heavy atom. The first-order valence-corrected chi connectivity index (χ1v) is 6.92. The van der Waals surface area contributed by atoms with E-state index in [0.29, 0.717) is 10.2 Å². The fraction of sp³-hybridized carbons (Fsp3) is 0.583. The van der Waals surface area contributed by atoms with Crippen molar-refractivity contribution in [3.63, 3.8) is 0 Å². The van der Waals surface area contributed by atoms with Crippen LogP contribution in [0.3, 0.4) is 0 Å². The Bertz CT molecular complexity index is 511. The topological polar surface area (TPSA) is 76.0 Å². The molecule has 7 heteroatoms. The lowest BCUT2D eigenvalue weighted by Gasteiger charge is -2.13.